The van der Waals surface area contributed by atoms with E-state index in [1.807, 2.05) is 4.72 Å². The van der Waals surface area contributed by atoms with Crippen LogP contribution in [0.1, 0.15) is 29.8 Å². The summed E-state index contributed by atoms with van der Waals surface area (Å²) in [5, 5.41) is -0.631. The number of carbonyl (C=O) groups excluding carboxylic acids is 1. The lowest BCUT2D eigenvalue weighted by molar-refractivity contribution is 0.103. The number of fused-ring (bicyclic) bond motifs is 1. The smallest absolute Gasteiger partial charge is 0.235 e. The summed E-state index contributed by atoms with van der Waals surface area (Å²) in [6.07, 6.45) is 2.53. The Labute approximate surface area is 159 Å². The molecule has 0 aliphatic rings. The molecular formula is C18H14F2N4O3S. The first kappa shape index (κ1) is 19.4. The predicted molar refractivity (Wildman–Crippen MR) is 99.8 cm³/mol. The van der Waals surface area contributed by atoms with Gasteiger partial charge in [-0.25, -0.2) is 22.0 Å². The molecule has 7 nitrogen and oxygen atoms in total. The lowest BCUT2D eigenvalue weighted by Crippen LogP contribution is -2.23. The van der Waals surface area contributed by atoms with E-state index in [9.17, 15) is 22.0 Å². The van der Waals surface area contributed by atoms with E-state index in [0.717, 1.165) is 12.1 Å². The van der Waals surface area contributed by atoms with Crippen LogP contribution in [0, 0.1) is 18.2 Å². The Morgan fingerprint density at radius 3 is 2.68 bits per heavy atom. The Bertz CT molecular complexity index is 1240. The van der Waals surface area contributed by atoms with E-state index in [2.05, 4.69) is 14.8 Å². The maximum Gasteiger partial charge on any atom is 0.235 e. The van der Waals surface area contributed by atoms with Crippen molar-refractivity contribution in [3.05, 3.63) is 64.8 Å². The van der Waals surface area contributed by atoms with Crippen LogP contribution in [-0.2, 0) is 10.0 Å². The third-order valence-corrected chi connectivity index (χ3v) is 5.83. The van der Waals surface area contributed by atoms with E-state index in [-0.39, 0.29) is 22.3 Å². The molecule has 3 aromatic rings. The average molecular weight is 404 g/mol. The third kappa shape index (κ3) is 3.32. The largest absolute Gasteiger partial charge is 0.345 e. The van der Waals surface area contributed by atoms with E-state index in [0.29, 0.717) is 0 Å². The number of nitrogens with zero attached hydrogens (tertiary/aromatic N) is 2. The molecule has 0 radical (unpaired) electrons. The summed E-state index contributed by atoms with van der Waals surface area (Å²) in [5.74, 6) is -3.47. The molecule has 0 amide bonds. The van der Waals surface area contributed by atoms with Gasteiger partial charge in [0.1, 0.15) is 11.5 Å². The molecule has 0 fully saturated rings. The van der Waals surface area contributed by atoms with Gasteiger partial charge >= 0.3 is 0 Å². The molecule has 3 rings (SSSR count). The highest BCUT2D eigenvalue weighted by Crippen LogP contribution is 2.29. The van der Waals surface area contributed by atoms with Crippen LogP contribution in [0.2, 0.25) is 0 Å². The maximum atomic E-state index is 14.9. The van der Waals surface area contributed by atoms with Crippen molar-refractivity contribution in [2.24, 2.45) is 0 Å². The van der Waals surface area contributed by atoms with Crippen molar-refractivity contribution in [1.29, 1.82) is 0 Å². The Kier molecular flexibility index (Phi) is 4.87. The number of carbonyl (C=O) groups is 1. The molecule has 2 aromatic heterocycles. The molecule has 2 heterocycles. The molecule has 0 spiro atoms. The lowest BCUT2D eigenvalue weighted by Gasteiger charge is -2.13. The predicted octanol–water partition coefficient (Wildman–Crippen LogP) is 3.77. The summed E-state index contributed by atoms with van der Waals surface area (Å²) in [4.78, 5) is 22.7. The van der Waals surface area contributed by atoms with Gasteiger partial charge in [-0.15, -0.1) is 0 Å². The molecule has 0 saturated carbocycles. The SMILES string of the molecule is [C-]#[N+]c1cnc2[nH]cc(C(=O)c3c(F)ccc(NS(=O)(=O)C(C)C)c3F)c2c1. The van der Waals surface area contributed by atoms with Crippen LogP contribution in [0.25, 0.3) is 15.9 Å². The number of hydrogen-bond acceptors (Lipinski definition) is 4. The van der Waals surface area contributed by atoms with Gasteiger partial charge in [-0.05, 0) is 32.0 Å². The van der Waals surface area contributed by atoms with Gasteiger partial charge in [-0.2, -0.15) is 0 Å². The summed E-state index contributed by atoms with van der Waals surface area (Å²) in [5.41, 5.74) is -1.10. The third-order valence-electron chi connectivity index (χ3n) is 4.08. The van der Waals surface area contributed by atoms with Crippen molar-refractivity contribution in [2.75, 3.05) is 4.72 Å². The summed E-state index contributed by atoms with van der Waals surface area (Å²) in [6, 6.07) is 3.10. The van der Waals surface area contributed by atoms with Gasteiger partial charge in [-0.1, -0.05) is 0 Å². The first-order chi connectivity index (χ1) is 13.2. The van der Waals surface area contributed by atoms with Gasteiger partial charge in [-0.3, -0.25) is 14.5 Å². The zero-order chi connectivity index (χ0) is 20.6. The number of sulfonamides is 1. The Balaban J connectivity index is 2.13. The zero-order valence-electron chi connectivity index (χ0n) is 14.7. The topological polar surface area (TPSA) is 96.3 Å². The first-order valence-electron chi connectivity index (χ1n) is 8.04. The lowest BCUT2D eigenvalue weighted by atomic mass is 10.0. The van der Waals surface area contributed by atoms with Gasteiger partial charge in [0.25, 0.3) is 0 Å². The van der Waals surface area contributed by atoms with Crippen LogP contribution in [-0.4, -0.2) is 29.4 Å². The van der Waals surface area contributed by atoms with E-state index in [4.69, 9.17) is 6.57 Å². The summed E-state index contributed by atoms with van der Waals surface area (Å²) in [7, 11) is -3.90. The van der Waals surface area contributed by atoms with Crippen molar-refractivity contribution >= 4 is 38.2 Å². The van der Waals surface area contributed by atoms with Crippen molar-refractivity contribution in [2.45, 2.75) is 19.1 Å². The molecule has 0 bridgehead atoms. The number of pyridine rings is 1. The number of halogens is 2. The zero-order valence-corrected chi connectivity index (χ0v) is 15.6. The number of aromatic nitrogens is 2. The molecule has 0 saturated heterocycles. The average Bonchev–Trinajstić information content (AvgIpc) is 3.06. The van der Waals surface area contributed by atoms with Gasteiger partial charge in [0.15, 0.2) is 5.82 Å². The van der Waals surface area contributed by atoms with Gasteiger partial charge < -0.3 is 4.98 Å². The quantitative estimate of drug-likeness (QED) is 0.500. The summed E-state index contributed by atoms with van der Waals surface area (Å²) < 4.78 is 55.2. The molecule has 2 N–H and O–H groups in total. The maximum absolute atomic E-state index is 14.9. The van der Waals surface area contributed by atoms with Gasteiger partial charge in [0.05, 0.1) is 23.1 Å². The number of ketones is 1. The highest BCUT2D eigenvalue weighted by molar-refractivity contribution is 7.93. The second kappa shape index (κ2) is 7.01. The second-order valence-electron chi connectivity index (χ2n) is 6.21. The number of rotatable bonds is 5. The fourth-order valence-electron chi connectivity index (χ4n) is 2.49. The minimum absolute atomic E-state index is 0.0883. The van der Waals surface area contributed by atoms with E-state index >= 15 is 0 Å². The van der Waals surface area contributed by atoms with Gasteiger partial charge in [0, 0.05) is 23.3 Å². The van der Waals surface area contributed by atoms with Crippen LogP contribution in [0.5, 0.6) is 0 Å². The number of benzene rings is 1. The molecular weight excluding hydrogens is 390 g/mol. The monoisotopic (exact) mass is 404 g/mol. The van der Waals surface area contributed by atoms with Gasteiger partial charge in [0.2, 0.25) is 21.5 Å². The summed E-state index contributed by atoms with van der Waals surface area (Å²) in [6.45, 7) is 9.82. The fourth-order valence-corrected chi connectivity index (χ4v) is 3.19. The Morgan fingerprint density at radius 2 is 2.04 bits per heavy atom. The van der Waals surface area contributed by atoms with Crippen LogP contribution in [0.15, 0.2) is 30.6 Å². The van der Waals surface area contributed by atoms with Crippen molar-refractivity contribution < 1.29 is 22.0 Å². The van der Waals surface area contributed by atoms with Crippen molar-refractivity contribution in [1.82, 2.24) is 9.97 Å². The normalized spacial score (nSPS) is 11.6. The van der Waals surface area contributed by atoms with Crippen LogP contribution >= 0.6 is 0 Å². The first-order valence-corrected chi connectivity index (χ1v) is 9.59. The van der Waals surface area contributed by atoms with E-state index in [1.165, 1.54) is 32.3 Å². The highest BCUT2D eigenvalue weighted by Gasteiger charge is 2.26. The molecule has 1 aromatic carbocycles. The minimum atomic E-state index is -3.90. The van der Waals surface area contributed by atoms with Crippen LogP contribution in [0.4, 0.5) is 20.2 Å². The standard InChI is InChI=1S/C18H14F2N4O3S/c1-9(2)28(26,27)24-14-5-4-13(19)15(16(14)20)17(25)12-8-23-18-11(12)6-10(21-3)7-22-18/h4-9,24H,1-2H3,(H,22,23). The van der Waals surface area contributed by atoms with Crippen molar-refractivity contribution in [3.63, 3.8) is 0 Å². The van der Waals surface area contributed by atoms with Crippen LogP contribution < -0.4 is 4.72 Å². The Hall–Kier alpha value is -3.32. The minimum Gasteiger partial charge on any atom is -0.345 e. The van der Waals surface area contributed by atoms with E-state index < -0.39 is 43.9 Å². The Morgan fingerprint density at radius 1 is 1.32 bits per heavy atom. The molecule has 0 unspecified atom stereocenters. The highest BCUT2D eigenvalue weighted by atomic mass is 32.2. The molecule has 144 valence electrons. The molecule has 0 aliphatic heterocycles. The fraction of sp³-hybridized carbons (Fsp3) is 0.167. The number of H-pyrrole nitrogens is 1. The number of aromatic amines is 1. The summed E-state index contributed by atoms with van der Waals surface area (Å²) >= 11 is 0. The van der Waals surface area contributed by atoms with Crippen molar-refractivity contribution in [3.8, 4) is 0 Å². The molecule has 10 heteroatoms. The second-order valence-corrected chi connectivity index (χ2v) is 8.45. The number of nitrogens with one attached hydrogen (secondary N) is 2. The molecule has 0 aliphatic carbocycles. The number of anilines is 1. The van der Waals surface area contributed by atoms with Crippen LogP contribution in [0.3, 0.4) is 0 Å². The molecule has 28 heavy (non-hydrogen) atoms. The van der Waals surface area contributed by atoms with E-state index in [1.54, 1.807) is 0 Å². The molecule has 0 atom stereocenters. The number of hydrogen-bond donors (Lipinski definition) is 2.